The predicted molar refractivity (Wildman–Crippen MR) is 93.8 cm³/mol. The number of hydrogen-bond donors (Lipinski definition) is 1. The van der Waals surface area contributed by atoms with Crippen LogP contribution in [0.3, 0.4) is 0 Å². The smallest absolute Gasteiger partial charge is 0.0300 e. The molecule has 1 unspecified atom stereocenters. The molecule has 2 aromatic rings. The molecule has 1 N–H and O–H groups in total. The maximum Gasteiger partial charge on any atom is 0.0300 e. The third-order valence-electron chi connectivity index (χ3n) is 3.39. The van der Waals surface area contributed by atoms with Crippen LogP contribution in [0.4, 0.5) is 0 Å². The third-order valence-corrected chi connectivity index (χ3v) is 5.99. The number of nitrogens with zero attached hydrogens (tertiary/aromatic N) is 1. The molecule has 2 nitrogen and oxygen atoms in total. The summed E-state index contributed by atoms with van der Waals surface area (Å²) in [4.78, 5) is 5.28. The monoisotopic (exact) mass is 372 g/mol. The Morgan fingerprint density at radius 1 is 1.35 bits per heavy atom. The Bertz CT molecular complexity index is 496. The topological polar surface area (TPSA) is 15.3 Å². The summed E-state index contributed by atoms with van der Waals surface area (Å²) < 4.78 is 1.18. The van der Waals surface area contributed by atoms with Gasteiger partial charge in [-0.15, -0.1) is 22.7 Å². The first-order valence-electron chi connectivity index (χ1n) is 6.81. The van der Waals surface area contributed by atoms with Crippen molar-refractivity contribution in [3.8, 4) is 0 Å². The van der Waals surface area contributed by atoms with E-state index in [0.717, 1.165) is 26.1 Å². The summed E-state index contributed by atoms with van der Waals surface area (Å²) in [7, 11) is 2.21. The Morgan fingerprint density at radius 2 is 2.20 bits per heavy atom. The molecule has 0 fully saturated rings. The van der Waals surface area contributed by atoms with E-state index in [1.54, 1.807) is 11.3 Å². The number of halogens is 1. The molecule has 0 aliphatic heterocycles. The summed E-state index contributed by atoms with van der Waals surface area (Å²) in [6.07, 6.45) is 1.14. The lowest BCUT2D eigenvalue weighted by Crippen LogP contribution is -2.36. The summed E-state index contributed by atoms with van der Waals surface area (Å²) in [6, 6.07) is 7.13. The number of likely N-dealkylation sites (N-methyl/N-ethyl adjacent to an activating group) is 1. The zero-order chi connectivity index (χ0) is 14.4. The summed E-state index contributed by atoms with van der Waals surface area (Å²) in [5.74, 6) is 0. The minimum Gasteiger partial charge on any atom is -0.311 e. The second kappa shape index (κ2) is 8.29. The van der Waals surface area contributed by atoms with Crippen molar-refractivity contribution in [1.82, 2.24) is 10.2 Å². The van der Waals surface area contributed by atoms with E-state index in [2.05, 4.69) is 69.1 Å². The van der Waals surface area contributed by atoms with Crippen molar-refractivity contribution in [2.45, 2.75) is 25.9 Å². The number of thiophene rings is 2. The highest BCUT2D eigenvalue weighted by molar-refractivity contribution is 9.10. The molecule has 0 aromatic carbocycles. The Hall–Kier alpha value is -0.200. The van der Waals surface area contributed by atoms with E-state index in [9.17, 15) is 0 Å². The highest BCUT2D eigenvalue weighted by Crippen LogP contribution is 2.19. The van der Waals surface area contributed by atoms with Crippen LogP contribution in [0.2, 0.25) is 0 Å². The molecular formula is C15H21BrN2S2. The van der Waals surface area contributed by atoms with Crippen LogP contribution >= 0.6 is 38.6 Å². The quantitative estimate of drug-likeness (QED) is 0.697. The summed E-state index contributed by atoms with van der Waals surface area (Å²) in [6.45, 7) is 5.37. The van der Waals surface area contributed by atoms with Gasteiger partial charge in [0.2, 0.25) is 0 Å². The van der Waals surface area contributed by atoms with Crippen LogP contribution < -0.4 is 5.32 Å². The average molecular weight is 373 g/mol. The van der Waals surface area contributed by atoms with Gasteiger partial charge < -0.3 is 10.2 Å². The molecule has 0 spiro atoms. The average Bonchev–Trinajstić information content (AvgIpc) is 3.06. The minimum atomic E-state index is 0.589. The molecule has 2 heterocycles. The lowest BCUT2D eigenvalue weighted by molar-refractivity contribution is 0.257. The number of nitrogens with one attached hydrogen (secondary N) is 1. The Kier molecular flexibility index (Phi) is 6.71. The standard InChI is InChI=1S/C15H21BrN2S2/c1-12(8-14-4-3-7-19-14)18(2)6-5-17-10-15-9-13(16)11-20-15/h3-4,7,9,11-12,17H,5-6,8,10H2,1-2H3. The van der Waals surface area contributed by atoms with E-state index in [-0.39, 0.29) is 0 Å². The van der Waals surface area contributed by atoms with Crippen LogP contribution in [0, 0.1) is 0 Å². The fraction of sp³-hybridized carbons (Fsp3) is 0.467. The van der Waals surface area contributed by atoms with Gasteiger partial charge in [0.25, 0.3) is 0 Å². The zero-order valence-corrected chi connectivity index (χ0v) is 15.2. The molecule has 5 heteroatoms. The van der Waals surface area contributed by atoms with Crippen LogP contribution in [0.5, 0.6) is 0 Å². The molecule has 0 saturated carbocycles. The Labute approximate surface area is 138 Å². The largest absolute Gasteiger partial charge is 0.311 e. The molecule has 0 aliphatic rings. The lowest BCUT2D eigenvalue weighted by atomic mass is 10.2. The molecule has 1 atom stereocenters. The summed E-state index contributed by atoms with van der Waals surface area (Å²) in [5.41, 5.74) is 0. The Balaban J connectivity index is 1.63. The highest BCUT2D eigenvalue weighted by Gasteiger charge is 2.10. The van der Waals surface area contributed by atoms with E-state index in [1.807, 2.05) is 11.3 Å². The van der Waals surface area contributed by atoms with Crippen molar-refractivity contribution < 1.29 is 0 Å². The van der Waals surface area contributed by atoms with Gasteiger partial charge in [0.15, 0.2) is 0 Å². The first-order chi connectivity index (χ1) is 9.65. The molecule has 0 amide bonds. The molecule has 0 bridgehead atoms. The van der Waals surface area contributed by atoms with E-state index in [4.69, 9.17) is 0 Å². The fourth-order valence-corrected chi connectivity index (χ4v) is 4.26. The fourth-order valence-electron chi connectivity index (χ4n) is 2.01. The lowest BCUT2D eigenvalue weighted by Gasteiger charge is -2.24. The van der Waals surface area contributed by atoms with Gasteiger partial charge in [-0.3, -0.25) is 0 Å². The first kappa shape index (κ1) is 16.2. The van der Waals surface area contributed by atoms with Gasteiger partial charge in [0, 0.05) is 45.3 Å². The van der Waals surface area contributed by atoms with E-state index >= 15 is 0 Å². The predicted octanol–water partition coefficient (Wildman–Crippen LogP) is 4.22. The van der Waals surface area contributed by atoms with Crippen LogP contribution in [-0.4, -0.2) is 31.1 Å². The second-order valence-electron chi connectivity index (χ2n) is 5.02. The summed E-state index contributed by atoms with van der Waals surface area (Å²) >= 11 is 7.13. The van der Waals surface area contributed by atoms with Gasteiger partial charge >= 0.3 is 0 Å². The minimum absolute atomic E-state index is 0.589. The molecule has 0 saturated heterocycles. The molecule has 0 radical (unpaired) electrons. The summed E-state index contributed by atoms with van der Waals surface area (Å²) in [5, 5.41) is 7.80. The van der Waals surface area contributed by atoms with E-state index in [0.29, 0.717) is 6.04 Å². The third kappa shape index (κ3) is 5.30. The van der Waals surface area contributed by atoms with Gasteiger partial charge in [-0.1, -0.05) is 6.07 Å². The normalized spacial score (nSPS) is 13.0. The maximum atomic E-state index is 3.51. The van der Waals surface area contributed by atoms with Gasteiger partial charge in [-0.05, 0) is 53.8 Å². The molecule has 20 heavy (non-hydrogen) atoms. The van der Waals surface area contributed by atoms with Crippen LogP contribution in [0.15, 0.2) is 33.4 Å². The van der Waals surface area contributed by atoms with Crippen LogP contribution in [0.1, 0.15) is 16.7 Å². The highest BCUT2D eigenvalue weighted by atomic mass is 79.9. The molecule has 0 aliphatic carbocycles. The van der Waals surface area contributed by atoms with Crippen LogP contribution in [0.25, 0.3) is 0 Å². The molecular weight excluding hydrogens is 352 g/mol. The van der Waals surface area contributed by atoms with Crippen molar-refractivity contribution in [3.63, 3.8) is 0 Å². The SMILES string of the molecule is CC(Cc1cccs1)N(C)CCNCc1cc(Br)cs1. The first-order valence-corrected chi connectivity index (χ1v) is 9.36. The van der Waals surface area contributed by atoms with E-state index < -0.39 is 0 Å². The molecule has 2 rings (SSSR count). The maximum absolute atomic E-state index is 3.51. The second-order valence-corrected chi connectivity index (χ2v) is 7.96. The number of rotatable bonds is 8. The van der Waals surface area contributed by atoms with Crippen molar-refractivity contribution >= 4 is 38.6 Å². The van der Waals surface area contributed by atoms with Gasteiger partial charge in [-0.25, -0.2) is 0 Å². The van der Waals surface area contributed by atoms with Crippen molar-refractivity contribution in [1.29, 1.82) is 0 Å². The van der Waals surface area contributed by atoms with Gasteiger partial charge in [0.05, 0.1) is 0 Å². The molecule has 110 valence electrons. The van der Waals surface area contributed by atoms with Gasteiger partial charge in [0.1, 0.15) is 0 Å². The van der Waals surface area contributed by atoms with E-state index in [1.165, 1.54) is 14.2 Å². The zero-order valence-electron chi connectivity index (χ0n) is 11.9. The molecule has 2 aromatic heterocycles. The van der Waals surface area contributed by atoms with Crippen molar-refractivity contribution in [2.24, 2.45) is 0 Å². The van der Waals surface area contributed by atoms with Crippen molar-refractivity contribution in [3.05, 3.63) is 43.2 Å². The van der Waals surface area contributed by atoms with Crippen LogP contribution in [-0.2, 0) is 13.0 Å². The number of hydrogen-bond acceptors (Lipinski definition) is 4. The Morgan fingerprint density at radius 3 is 2.85 bits per heavy atom. The van der Waals surface area contributed by atoms with Crippen molar-refractivity contribution in [2.75, 3.05) is 20.1 Å². The van der Waals surface area contributed by atoms with Gasteiger partial charge in [-0.2, -0.15) is 0 Å².